The third-order valence-corrected chi connectivity index (χ3v) is 25.4. The largest absolute Gasteiger partial charge is 0.294 e. The van der Waals surface area contributed by atoms with E-state index in [0.717, 1.165) is 117 Å². The summed E-state index contributed by atoms with van der Waals surface area (Å²) in [4.78, 5) is 31.2. The van der Waals surface area contributed by atoms with Crippen LogP contribution in [0.5, 0.6) is 0 Å². The van der Waals surface area contributed by atoms with Crippen LogP contribution in [0.4, 0.5) is 0 Å². The highest BCUT2D eigenvalue weighted by Gasteiger charge is 2.31. The second kappa shape index (κ2) is 26.1. The lowest BCUT2D eigenvalue weighted by Gasteiger charge is -2.16. The lowest BCUT2D eigenvalue weighted by molar-refractivity contribution is 1.08. The predicted octanol–water partition coefficient (Wildman–Crippen LogP) is 28.7. The molecule has 9 heteroatoms. The van der Waals surface area contributed by atoms with E-state index in [2.05, 4.69) is 347 Å². The van der Waals surface area contributed by atoms with Crippen LogP contribution in [0.2, 0.25) is 0 Å². The average molecular weight is 1540 g/mol. The minimum Gasteiger partial charge on any atom is -0.294 e. The lowest BCUT2D eigenvalue weighted by Crippen LogP contribution is -2.04. The maximum absolute atomic E-state index is 5.37. The Morgan fingerprint density at radius 2 is 0.504 bits per heavy atom. The Morgan fingerprint density at radius 1 is 0.174 bits per heavy atom. The molecule has 0 spiro atoms. The molecule has 0 amide bonds. The molecule has 121 heavy (non-hydrogen) atoms. The number of fused-ring (bicyclic) bond motifs is 13. The summed E-state index contributed by atoms with van der Waals surface area (Å²) < 4.78 is 7.02. The highest BCUT2D eigenvalue weighted by Crippen LogP contribution is 2.55. The fourth-order valence-corrected chi connectivity index (χ4v) is 20.3. The van der Waals surface area contributed by atoms with Gasteiger partial charge in [0, 0.05) is 66.7 Å². The molecule has 0 fully saturated rings. The van der Waals surface area contributed by atoms with Crippen LogP contribution in [0.3, 0.4) is 0 Å². The van der Waals surface area contributed by atoms with Crippen LogP contribution in [0.25, 0.3) is 259 Å². The van der Waals surface area contributed by atoms with Crippen LogP contribution in [0.15, 0.2) is 394 Å². The normalized spacial score (nSPS) is 12.1. The SMILES string of the molecule is c1ccc(-c2nc(-n3c4cccc5c4c4c6c(cccc6ccc43)-c3ccccc3-5)cc3ncccc23)cc1.c1ccc(-c2nc3ccccc3nc2-n2c3cccc4c3c3c5c(cccc5ccc32)-c2ccccc2-4)cc1.c1ccc2c(c1)-c1cccc3ccc4c(c13)c1c-2cccc1n4-c1nc2ccccc2nc1-c1ccc2ccccc2c1. The summed E-state index contributed by atoms with van der Waals surface area (Å²) in [5.41, 5.74) is 32.5. The van der Waals surface area contributed by atoms with Crippen molar-refractivity contribution < 1.29 is 0 Å². The summed E-state index contributed by atoms with van der Waals surface area (Å²) in [6.07, 6.45) is 1.86. The van der Waals surface area contributed by atoms with Crippen molar-refractivity contribution in [3.05, 3.63) is 394 Å². The Labute approximate surface area is 692 Å². The Balaban J connectivity index is 0.0000000980. The molecule has 0 radical (unpaired) electrons. The van der Waals surface area contributed by atoms with E-state index in [1.807, 2.05) is 60.8 Å². The van der Waals surface area contributed by atoms with Crippen molar-refractivity contribution in [3.63, 3.8) is 0 Å². The Bertz CT molecular complexity index is 8800. The number of nitrogens with zero attached hydrogens (tertiary/aromatic N) is 9. The van der Waals surface area contributed by atoms with Gasteiger partial charge in [-0.3, -0.25) is 18.7 Å². The standard InChI is InChI=1S/C40H23N3.2C36H21N3/c1-2-10-26-23-27(20-19-24(26)9-1)39-40(42-33-17-6-5-16-32(33)41-39)43-34-18-8-15-31-29-13-4-3-12-28(29)30-14-7-11-25-21-22-35(43)38(36(25)30)37(31)34;1-2-9-23(10-3-1)36-28-16-8-20-37-29(28)21-32(38-36)39-30-17-7-15-27-25-13-5-4-12-24(25)26-14-6-11-22-18-19-31(39)35(33(22)26)34(27)30;1-2-10-23(11-3-1)35-36(38-29-18-7-6-17-28(29)37-35)39-30-19-9-16-27-25-14-5-4-13-24(25)26-15-8-12-22-20-21-31(39)34(32(22)26)33(27)30/h1-23H;2*1-21H. The molecule has 3 aliphatic carbocycles. The molecular formula is C112H65N9. The monoisotopic (exact) mass is 1540 g/mol. The van der Waals surface area contributed by atoms with E-state index in [4.69, 9.17) is 29.9 Å². The number of para-hydroxylation sites is 4. The van der Waals surface area contributed by atoms with Gasteiger partial charge in [-0.15, -0.1) is 0 Å². The highest BCUT2D eigenvalue weighted by molar-refractivity contribution is 6.34. The fraction of sp³-hybridized carbons (Fsp3) is 0. The summed E-state index contributed by atoms with van der Waals surface area (Å²) in [6, 6.07) is 138. The molecule has 9 nitrogen and oxygen atoms in total. The van der Waals surface area contributed by atoms with Gasteiger partial charge in [-0.25, -0.2) is 24.9 Å². The van der Waals surface area contributed by atoms with E-state index in [-0.39, 0.29) is 0 Å². The molecule has 7 aromatic heterocycles. The summed E-state index contributed by atoms with van der Waals surface area (Å²) >= 11 is 0. The van der Waals surface area contributed by atoms with E-state index < -0.39 is 0 Å². The van der Waals surface area contributed by atoms with Gasteiger partial charge in [0.25, 0.3) is 0 Å². The maximum Gasteiger partial charge on any atom is 0.165 e. The smallest absolute Gasteiger partial charge is 0.165 e. The van der Waals surface area contributed by atoms with Gasteiger partial charge in [-0.05, 0) is 189 Å². The van der Waals surface area contributed by atoms with Crippen LogP contribution in [-0.4, -0.2) is 43.6 Å². The van der Waals surface area contributed by atoms with Gasteiger partial charge in [0.1, 0.15) is 17.2 Å². The van der Waals surface area contributed by atoms with E-state index in [9.17, 15) is 0 Å². The van der Waals surface area contributed by atoms with Gasteiger partial charge in [0.15, 0.2) is 11.6 Å². The van der Waals surface area contributed by atoms with E-state index >= 15 is 0 Å². The molecule has 0 aliphatic heterocycles. The quantitative estimate of drug-likeness (QED) is 0.165. The molecule has 3 aliphatic rings. The first kappa shape index (κ1) is 66.9. The predicted molar refractivity (Wildman–Crippen MR) is 501 cm³/mol. The lowest BCUT2D eigenvalue weighted by atomic mass is 9.93. The van der Waals surface area contributed by atoms with E-state index in [0.29, 0.717) is 0 Å². The number of benzene rings is 18. The van der Waals surface area contributed by atoms with Crippen molar-refractivity contribution in [2.45, 2.75) is 0 Å². The summed E-state index contributed by atoms with van der Waals surface area (Å²) in [5.74, 6) is 2.57. The molecule has 0 unspecified atom stereocenters. The van der Waals surface area contributed by atoms with Crippen LogP contribution < -0.4 is 0 Å². The molecule has 0 saturated heterocycles. The van der Waals surface area contributed by atoms with Gasteiger partial charge < -0.3 is 0 Å². The summed E-state index contributed by atoms with van der Waals surface area (Å²) in [6.45, 7) is 0. The van der Waals surface area contributed by atoms with Crippen molar-refractivity contribution in [1.82, 2.24) is 43.6 Å². The second-order valence-corrected chi connectivity index (χ2v) is 31.8. The molecule has 28 rings (SSSR count). The first-order valence-electron chi connectivity index (χ1n) is 41.2. The third-order valence-electron chi connectivity index (χ3n) is 25.4. The molecular weight excluding hydrogens is 1470 g/mol. The van der Waals surface area contributed by atoms with Gasteiger partial charge in [0.05, 0.1) is 66.4 Å². The number of aromatic nitrogens is 9. The zero-order valence-corrected chi connectivity index (χ0v) is 65.1. The van der Waals surface area contributed by atoms with Gasteiger partial charge >= 0.3 is 0 Å². The molecule has 0 saturated carbocycles. The van der Waals surface area contributed by atoms with Crippen molar-refractivity contribution in [3.8, 4) is 118 Å². The number of hydrogen-bond donors (Lipinski definition) is 0. The molecule has 0 bridgehead atoms. The molecule has 25 aromatic rings. The second-order valence-electron chi connectivity index (χ2n) is 31.8. The topological polar surface area (TPSA) is 92.1 Å². The Hall–Kier alpha value is -16.4. The fourth-order valence-electron chi connectivity index (χ4n) is 20.3. The van der Waals surface area contributed by atoms with Crippen molar-refractivity contribution in [2.75, 3.05) is 0 Å². The molecule has 0 N–H and O–H groups in total. The maximum atomic E-state index is 5.37. The van der Waals surface area contributed by atoms with Crippen molar-refractivity contribution >= 4 is 141 Å². The number of pyridine rings is 2. The van der Waals surface area contributed by atoms with Crippen molar-refractivity contribution in [1.29, 1.82) is 0 Å². The van der Waals surface area contributed by atoms with E-state index in [1.54, 1.807) is 0 Å². The molecule has 0 atom stereocenters. The summed E-state index contributed by atoms with van der Waals surface area (Å²) in [7, 11) is 0. The van der Waals surface area contributed by atoms with Crippen LogP contribution >= 0.6 is 0 Å². The zero-order chi connectivity index (χ0) is 79.1. The number of hydrogen-bond acceptors (Lipinski definition) is 6. The Morgan fingerprint density at radius 3 is 0.959 bits per heavy atom. The Kier molecular flexibility index (Phi) is 14.4. The van der Waals surface area contributed by atoms with Crippen LogP contribution in [0.1, 0.15) is 0 Å². The zero-order valence-electron chi connectivity index (χ0n) is 65.1. The van der Waals surface area contributed by atoms with Gasteiger partial charge in [-0.1, -0.05) is 303 Å². The average Bonchev–Trinajstić information content (AvgIpc) is 1.55. The van der Waals surface area contributed by atoms with Crippen LogP contribution in [-0.2, 0) is 0 Å². The molecule has 7 heterocycles. The first-order chi connectivity index (χ1) is 60.1. The molecule has 18 aromatic carbocycles. The van der Waals surface area contributed by atoms with E-state index in [1.165, 1.54) is 142 Å². The summed E-state index contributed by atoms with van der Waals surface area (Å²) in [5, 5.41) is 18.7. The van der Waals surface area contributed by atoms with Crippen LogP contribution in [0, 0.1) is 0 Å². The third kappa shape index (κ3) is 9.91. The van der Waals surface area contributed by atoms with Crippen molar-refractivity contribution in [2.24, 2.45) is 0 Å². The first-order valence-corrected chi connectivity index (χ1v) is 41.2. The minimum absolute atomic E-state index is 0.844. The minimum atomic E-state index is 0.844. The van der Waals surface area contributed by atoms with Gasteiger partial charge in [0.2, 0.25) is 0 Å². The number of rotatable bonds is 6. The highest BCUT2D eigenvalue weighted by atomic mass is 15.1. The molecule has 558 valence electrons. The van der Waals surface area contributed by atoms with Gasteiger partial charge in [-0.2, -0.15) is 0 Å².